The van der Waals surface area contributed by atoms with Crippen LogP contribution in [0.1, 0.15) is 40.7 Å². The molecule has 1 atom stereocenters. The maximum Gasteiger partial charge on any atom is 0.245 e. The SMILES string of the molecule is Cc1c(C)c(C)c(S(=O)(=O)N2CSCC2C(=O)NCC2CC2)c(C)c1C. The van der Waals surface area contributed by atoms with Gasteiger partial charge in [0.1, 0.15) is 6.04 Å². The highest BCUT2D eigenvalue weighted by atomic mass is 32.2. The third kappa shape index (κ3) is 3.41. The molecule has 3 rings (SSSR count). The molecule has 1 aromatic carbocycles. The normalized spacial score (nSPS) is 21.2. The highest BCUT2D eigenvalue weighted by Gasteiger charge is 2.42. The lowest BCUT2D eigenvalue weighted by atomic mass is 9.95. The molecule has 144 valence electrons. The molecule has 0 radical (unpaired) electrons. The van der Waals surface area contributed by atoms with Crippen molar-refractivity contribution in [2.75, 3.05) is 18.2 Å². The largest absolute Gasteiger partial charge is 0.354 e. The molecule has 1 heterocycles. The number of hydrogen-bond donors (Lipinski definition) is 1. The van der Waals surface area contributed by atoms with Crippen molar-refractivity contribution in [3.63, 3.8) is 0 Å². The van der Waals surface area contributed by atoms with Gasteiger partial charge in [-0.1, -0.05) is 0 Å². The van der Waals surface area contributed by atoms with E-state index in [1.165, 1.54) is 16.1 Å². The Morgan fingerprint density at radius 3 is 2.12 bits per heavy atom. The van der Waals surface area contributed by atoms with Crippen molar-refractivity contribution in [3.8, 4) is 0 Å². The predicted octanol–water partition coefficient (Wildman–Crippen LogP) is 2.82. The van der Waals surface area contributed by atoms with Crippen LogP contribution in [0.3, 0.4) is 0 Å². The average molecular weight is 397 g/mol. The number of carbonyl (C=O) groups excluding carboxylic acids is 1. The zero-order chi connectivity index (χ0) is 19.2. The van der Waals surface area contributed by atoms with Gasteiger partial charge in [0.2, 0.25) is 15.9 Å². The van der Waals surface area contributed by atoms with Crippen molar-refractivity contribution in [2.24, 2.45) is 5.92 Å². The number of nitrogens with zero attached hydrogens (tertiary/aromatic N) is 1. The van der Waals surface area contributed by atoms with Crippen LogP contribution in [-0.4, -0.2) is 42.8 Å². The Morgan fingerprint density at radius 1 is 1.04 bits per heavy atom. The molecule has 0 bridgehead atoms. The quantitative estimate of drug-likeness (QED) is 0.831. The highest BCUT2D eigenvalue weighted by Crippen LogP contribution is 2.35. The minimum Gasteiger partial charge on any atom is -0.354 e. The van der Waals surface area contributed by atoms with Crippen molar-refractivity contribution < 1.29 is 13.2 Å². The van der Waals surface area contributed by atoms with Crippen LogP contribution in [0.2, 0.25) is 0 Å². The summed E-state index contributed by atoms with van der Waals surface area (Å²) in [6.07, 6.45) is 2.31. The molecule has 2 fully saturated rings. The van der Waals surface area contributed by atoms with Gasteiger partial charge in [0.25, 0.3) is 0 Å². The second-order valence-electron chi connectivity index (χ2n) is 7.55. The predicted molar refractivity (Wildman–Crippen MR) is 106 cm³/mol. The van der Waals surface area contributed by atoms with Crippen molar-refractivity contribution in [3.05, 3.63) is 27.8 Å². The van der Waals surface area contributed by atoms with E-state index in [4.69, 9.17) is 0 Å². The first-order chi connectivity index (χ1) is 12.2. The summed E-state index contributed by atoms with van der Waals surface area (Å²) >= 11 is 1.50. The number of amides is 1. The summed E-state index contributed by atoms with van der Waals surface area (Å²) in [6.45, 7) is 10.4. The molecule has 0 spiro atoms. The number of sulfonamides is 1. The first kappa shape index (κ1) is 19.7. The molecule has 1 saturated carbocycles. The number of rotatable bonds is 5. The second-order valence-corrected chi connectivity index (χ2v) is 10.4. The van der Waals surface area contributed by atoms with E-state index in [1.807, 2.05) is 34.6 Å². The summed E-state index contributed by atoms with van der Waals surface area (Å²) in [4.78, 5) is 13.0. The van der Waals surface area contributed by atoms with Crippen molar-refractivity contribution in [1.82, 2.24) is 9.62 Å². The number of benzene rings is 1. The van der Waals surface area contributed by atoms with Gasteiger partial charge in [0.05, 0.1) is 10.8 Å². The Morgan fingerprint density at radius 2 is 1.58 bits per heavy atom. The van der Waals surface area contributed by atoms with Crippen LogP contribution in [0.25, 0.3) is 0 Å². The maximum atomic E-state index is 13.5. The molecule has 26 heavy (non-hydrogen) atoms. The molecule has 7 heteroatoms. The Kier molecular flexibility index (Phi) is 5.43. The van der Waals surface area contributed by atoms with Gasteiger partial charge >= 0.3 is 0 Å². The summed E-state index contributed by atoms with van der Waals surface area (Å²) < 4.78 is 28.4. The van der Waals surface area contributed by atoms with Gasteiger partial charge in [0, 0.05) is 12.3 Å². The summed E-state index contributed by atoms with van der Waals surface area (Å²) in [6, 6.07) is -0.621. The number of carbonyl (C=O) groups is 1. The van der Waals surface area contributed by atoms with E-state index in [1.54, 1.807) is 0 Å². The number of nitrogens with one attached hydrogen (secondary N) is 1. The van der Waals surface area contributed by atoms with E-state index < -0.39 is 16.1 Å². The molecule has 0 aromatic heterocycles. The van der Waals surface area contributed by atoms with Crippen LogP contribution >= 0.6 is 11.8 Å². The van der Waals surface area contributed by atoms with Gasteiger partial charge in [0.15, 0.2) is 0 Å². The molecule has 1 N–H and O–H groups in total. The highest BCUT2D eigenvalue weighted by molar-refractivity contribution is 8.00. The average Bonchev–Trinajstić information content (AvgIpc) is 3.28. The van der Waals surface area contributed by atoms with Gasteiger partial charge in [-0.3, -0.25) is 4.79 Å². The van der Waals surface area contributed by atoms with Crippen LogP contribution in [0.5, 0.6) is 0 Å². The fraction of sp³-hybridized carbons (Fsp3) is 0.632. The minimum absolute atomic E-state index is 0.165. The van der Waals surface area contributed by atoms with E-state index in [0.717, 1.165) is 40.7 Å². The molecule has 1 aromatic rings. The lowest BCUT2D eigenvalue weighted by Crippen LogP contribution is -2.47. The first-order valence-electron chi connectivity index (χ1n) is 9.10. The zero-order valence-electron chi connectivity index (χ0n) is 16.2. The van der Waals surface area contributed by atoms with Crippen LogP contribution in [0, 0.1) is 40.5 Å². The van der Waals surface area contributed by atoms with E-state index in [-0.39, 0.29) is 5.91 Å². The summed E-state index contributed by atoms with van der Waals surface area (Å²) in [7, 11) is -3.73. The van der Waals surface area contributed by atoms with Gasteiger partial charge in [-0.25, -0.2) is 8.42 Å². The third-order valence-corrected chi connectivity index (χ3v) is 9.21. The Bertz CT molecular complexity index is 816. The monoisotopic (exact) mass is 396 g/mol. The van der Waals surface area contributed by atoms with Crippen LogP contribution in [0.4, 0.5) is 0 Å². The molecule has 1 amide bonds. The molecular weight excluding hydrogens is 368 g/mol. The van der Waals surface area contributed by atoms with Crippen molar-refractivity contribution >= 4 is 27.7 Å². The fourth-order valence-corrected chi connectivity index (χ4v) is 7.24. The third-order valence-electron chi connectivity index (χ3n) is 5.90. The standard InChI is InChI=1S/C19H28N2O3S2/c1-11-12(2)14(4)18(15(5)13(11)3)26(23,24)21-10-25-9-17(21)19(22)20-8-16-6-7-16/h16-17H,6-10H2,1-5H3,(H,20,22). The van der Waals surface area contributed by atoms with Gasteiger partial charge in [-0.15, -0.1) is 11.8 Å². The minimum atomic E-state index is -3.73. The Labute approximate surface area is 161 Å². The Hall–Kier alpha value is -1.05. The van der Waals surface area contributed by atoms with E-state index in [0.29, 0.717) is 29.0 Å². The molecule has 1 unspecified atom stereocenters. The van der Waals surface area contributed by atoms with Gasteiger partial charge in [-0.2, -0.15) is 4.31 Å². The summed E-state index contributed by atoms with van der Waals surface area (Å²) in [5.74, 6) is 1.25. The van der Waals surface area contributed by atoms with Gasteiger partial charge < -0.3 is 5.32 Å². The smallest absolute Gasteiger partial charge is 0.245 e. The molecule has 1 aliphatic carbocycles. The van der Waals surface area contributed by atoms with Crippen LogP contribution in [-0.2, 0) is 14.8 Å². The van der Waals surface area contributed by atoms with E-state index in [9.17, 15) is 13.2 Å². The second kappa shape index (κ2) is 7.17. The first-order valence-corrected chi connectivity index (χ1v) is 11.7. The topological polar surface area (TPSA) is 66.5 Å². The van der Waals surface area contributed by atoms with Crippen LogP contribution in [0.15, 0.2) is 4.90 Å². The number of thioether (sulfide) groups is 1. The molecule has 1 saturated heterocycles. The van der Waals surface area contributed by atoms with E-state index in [2.05, 4.69) is 5.32 Å². The summed E-state index contributed by atoms with van der Waals surface area (Å²) in [5, 5.41) is 2.94. The lowest BCUT2D eigenvalue weighted by Gasteiger charge is -2.26. The van der Waals surface area contributed by atoms with Crippen LogP contribution < -0.4 is 5.32 Å². The fourth-order valence-electron chi connectivity index (χ4n) is 3.53. The molecular formula is C19H28N2O3S2. The van der Waals surface area contributed by atoms with Crippen molar-refractivity contribution in [2.45, 2.75) is 58.4 Å². The molecule has 2 aliphatic rings. The van der Waals surface area contributed by atoms with Gasteiger partial charge in [-0.05, 0) is 81.2 Å². The lowest BCUT2D eigenvalue weighted by molar-refractivity contribution is -0.123. The van der Waals surface area contributed by atoms with Crippen molar-refractivity contribution in [1.29, 1.82) is 0 Å². The summed E-state index contributed by atoms with van der Waals surface area (Å²) in [5.41, 5.74) is 4.73. The maximum absolute atomic E-state index is 13.5. The molecule has 1 aliphatic heterocycles. The number of hydrogen-bond acceptors (Lipinski definition) is 4. The van der Waals surface area contributed by atoms with E-state index >= 15 is 0 Å². The Balaban J connectivity index is 1.95. The molecule has 5 nitrogen and oxygen atoms in total. The zero-order valence-corrected chi connectivity index (χ0v) is 17.8.